The average molecular weight is 382 g/mol. The first-order chi connectivity index (χ1) is 13.6. The van der Waals surface area contributed by atoms with Crippen LogP contribution < -0.4 is 4.74 Å². The summed E-state index contributed by atoms with van der Waals surface area (Å²) in [6, 6.07) is 13.1. The number of hydrogen-bond acceptors (Lipinski definition) is 5. The number of methoxy groups -OCH3 is 1. The number of aromatic nitrogens is 1. The van der Waals surface area contributed by atoms with Gasteiger partial charge < -0.3 is 14.4 Å². The average Bonchev–Trinajstić information content (AvgIpc) is 2.74. The van der Waals surface area contributed by atoms with Gasteiger partial charge in [-0.1, -0.05) is 31.2 Å². The van der Waals surface area contributed by atoms with E-state index in [2.05, 4.69) is 9.72 Å². The SMILES string of the molecule is CCCOc1ccccc1/C=C/C(=O)N(CCC(=O)OC)Cc1ccccn1. The fourth-order valence-corrected chi connectivity index (χ4v) is 2.51. The van der Waals surface area contributed by atoms with E-state index in [9.17, 15) is 9.59 Å². The van der Waals surface area contributed by atoms with Gasteiger partial charge in [-0.2, -0.15) is 0 Å². The van der Waals surface area contributed by atoms with Crippen LogP contribution in [0, 0.1) is 0 Å². The summed E-state index contributed by atoms with van der Waals surface area (Å²) in [6.45, 7) is 3.22. The van der Waals surface area contributed by atoms with Crippen molar-refractivity contribution < 1.29 is 19.1 Å². The number of para-hydroxylation sites is 1. The maximum Gasteiger partial charge on any atom is 0.307 e. The van der Waals surface area contributed by atoms with Crippen LogP contribution in [0.5, 0.6) is 5.75 Å². The molecule has 0 spiro atoms. The molecule has 6 nitrogen and oxygen atoms in total. The van der Waals surface area contributed by atoms with Crippen molar-refractivity contribution in [1.82, 2.24) is 9.88 Å². The molecule has 6 heteroatoms. The quantitative estimate of drug-likeness (QED) is 0.465. The first-order valence-corrected chi connectivity index (χ1v) is 9.29. The molecule has 0 aliphatic rings. The third kappa shape index (κ3) is 6.87. The lowest BCUT2D eigenvalue weighted by atomic mass is 10.2. The van der Waals surface area contributed by atoms with E-state index in [4.69, 9.17) is 4.74 Å². The summed E-state index contributed by atoms with van der Waals surface area (Å²) in [5.74, 6) is 0.167. The number of nitrogens with zero attached hydrogens (tertiary/aromatic N) is 2. The van der Waals surface area contributed by atoms with Gasteiger partial charge in [-0.25, -0.2) is 0 Å². The Balaban J connectivity index is 2.12. The highest BCUT2D eigenvalue weighted by molar-refractivity contribution is 5.92. The molecular formula is C22H26N2O4. The van der Waals surface area contributed by atoms with Gasteiger partial charge in [-0.05, 0) is 30.7 Å². The molecule has 1 heterocycles. The third-order valence-corrected chi connectivity index (χ3v) is 3.99. The lowest BCUT2D eigenvalue weighted by Crippen LogP contribution is -2.31. The van der Waals surface area contributed by atoms with E-state index < -0.39 is 0 Å². The van der Waals surface area contributed by atoms with Crippen molar-refractivity contribution in [3.63, 3.8) is 0 Å². The van der Waals surface area contributed by atoms with Crippen LogP contribution in [0.15, 0.2) is 54.7 Å². The van der Waals surface area contributed by atoms with Gasteiger partial charge in [0.1, 0.15) is 5.75 Å². The van der Waals surface area contributed by atoms with Crippen LogP contribution in [0.4, 0.5) is 0 Å². The molecule has 0 saturated heterocycles. The van der Waals surface area contributed by atoms with Gasteiger partial charge in [0, 0.05) is 24.4 Å². The van der Waals surface area contributed by atoms with Crippen molar-refractivity contribution in [2.45, 2.75) is 26.3 Å². The normalized spacial score (nSPS) is 10.6. The third-order valence-electron chi connectivity index (χ3n) is 3.99. The smallest absolute Gasteiger partial charge is 0.307 e. The second-order valence-corrected chi connectivity index (χ2v) is 6.13. The van der Waals surface area contributed by atoms with Gasteiger partial charge in [-0.3, -0.25) is 14.6 Å². The molecule has 0 atom stereocenters. The van der Waals surface area contributed by atoms with E-state index in [1.54, 1.807) is 17.2 Å². The van der Waals surface area contributed by atoms with Crippen molar-refractivity contribution >= 4 is 18.0 Å². The molecule has 1 aromatic heterocycles. The number of amides is 1. The van der Waals surface area contributed by atoms with Gasteiger partial charge in [0.25, 0.3) is 0 Å². The topological polar surface area (TPSA) is 68.7 Å². The summed E-state index contributed by atoms with van der Waals surface area (Å²) in [7, 11) is 1.33. The molecule has 1 aromatic carbocycles. The highest BCUT2D eigenvalue weighted by Crippen LogP contribution is 2.20. The molecule has 0 N–H and O–H groups in total. The van der Waals surface area contributed by atoms with Crippen LogP contribution in [0.25, 0.3) is 6.08 Å². The summed E-state index contributed by atoms with van der Waals surface area (Å²) < 4.78 is 10.4. The minimum absolute atomic E-state index is 0.124. The van der Waals surface area contributed by atoms with Gasteiger partial charge in [0.15, 0.2) is 0 Å². The monoisotopic (exact) mass is 382 g/mol. The summed E-state index contributed by atoms with van der Waals surface area (Å²) in [5, 5.41) is 0. The number of benzene rings is 1. The van der Waals surface area contributed by atoms with Crippen LogP contribution in [0.1, 0.15) is 31.0 Å². The van der Waals surface area contributed by atoms with Crippen molar-refractivity contribution in [3.05, 3.63) is 66.0 Å². The molecule has 0 bridgehead atoms. The standard InChI is InChI=1S/C22H26N2O4/c1-3-16-28-20-10-5-4-8-18(20)11-12-21(25)24(15-13-22(26)27-2)17-19-9-6-7-14-23-19/h4-12,14H,3,13,15-17H2,1-2H3/b12-11+. The maximum atomic E-state index is 12.8. The molecule has 0 unspecified atom stereocenters. The minimum Gasteiger partial charge on any atom is -0.493 e. The predicted octanol–water partition coefficient (Wildman–Crippen LogP) is 3.48. The van der Waals surface area contributed by atoms with Crippen LogP contribution in [-0.4, -0.2) is 42.0 Å². The Hall–Kier alpha value is -3.15. The first-order valence-electron chi connectivity index (χ1n) is 9.29. The Morgan fingerprint density at radius 1 is 1.14 bits per heavy atom. The molecule has 0 aliphatic carbocycles. The number of esters is 1. The minimum atomic E-state index is -0.360. The van der Waals surface area contributed by atoms with E-state index in [0.717, 1.165) is 23.4 Å². The van der Waals surface area contributed by atoms with Crippen LogP contribution in [0.2, 0.25) is 0 Å². The van der Waals surface area contributed by atoms with E-state index >= 15 is 0 Å². The van der Waals surface area contributed by atoms with Gasteiger partial charge >= 0.3 is 5.97 Å². The van der Waals surface area contributed by atoms with Crippen molar-refractivity contribution in [2.24, 2.45) is 0 Å². The maximum absolute atomic E-state index is 12.8. The van der Waals surface area contributed by atoms with Gasteiger partial charge in [0.05, 0.1) is 32.4 Å². The first kappa shape index (κ1) is 21.2. The van der Waals surface area contributed by atoms with Gasteiger partial charge in [-0.15, -0.1) is 0 Å². The Kier molecular flexibility index (Phi) is 8.72. The number of ether oxygens (including phenoxy) is 2. The Morgan fingerprint density at radius 2 is 1.93 bits per heavy atom. The molecule has 2 aromatic rings. The largest absolute Gasteiger partial charge is 0.493 e. The molecule has 28 heavy (non-hydrogen) atoms. The Bertz CT molecular complexity index is 790. The highest BCUT2D eigenvalue weighted by atomic mass is 16.5. The molecule has 148 valence electrons. The van der Waals surface area contributed by atoms with Crippen molar-refractivity contribution in [1.29, 1.82) is 0 Å². The second-order valence-electron chi connectivity index (χ2n) is 6.13. The highest BCUT2D eigenvalue weighted by Gasteiger charge is 2.14. The predicted molar refractivity (Wildman–Crippen MR) is 108 cm³/mol. The molecule has 0 fully saturated rings. The number of rotatable bonds is 10. The number of carbonyl (C=O) groups excluding carboxylic acids is 2. The lowest BCUT2D eigenvalue weighted by Gasteiger charge is -2.20. The van der Waals surface area contributed by atoms with Crippen LogP contribution >= 0.6 is 0 Å². The molecule has 0 saturated carbocycles. The molecular weight excluding hydrogens is 356 g/mol. The number of pyridine rings is 1. The number of hydrogen-bond donors (Lipinski definition) is 0. The molecule has 0 radical (unpaired) electrons. The van der Waals surface area contributed by atoms with Crippen molar-refractivity contribution in [3.8, 4) is 5.75 Å². The van der Waals surface area contributed by atoms with Crippen LogP contribution in [0.3, 0.4) is 0 Å². The summed E-state index contributed by atoms with van der Waals surface area (Å²) in [5.41, 5.74) is 1.58. The summed E-state index contributed by atoms with van der Waals surface area (Å²) >= 11 is 0. The number of carbonyl (C=O) groups is 2. The van der Waals surface area contributed by atoms with E-state index in [-0.39, 0.29) is 24.8 Å². The molecule has 1 amide bonds. The zero-order chi connectivity index (χ0) is 20.2. The fourth-order valence-electron chi connectivity index (χ4n) is 2.51. The van der Waals surface area contributed by atoms with E-state index in [1.807, 2.05) is 49.4 Å². The van der Waals surface area contributed by atoms with Crippen LogP contribution in [-0.2, 0) is 20.9 Å². The zero-order valence-electron chi connectivity index (χ0n) is 16.3. The summed E-state index contributed by atoms with van der Waals surface area (Å²) in [4.78, 5) is 30.1. The van der Waals surface area contributed by atoms with Gasteiger partial charge in [0.2, 0.25) is 5.91 Å². The molecule has 0 aliphatic heterocycles. The lowest BCUT2D eigenvalue weighted by molar-refractivity contribution is -0.141. The van der Waals surface area contributed by atoms with E-state index in [0.29, 0.717) is 13.2 Å². The second kappa shape index (κ2) is 11.5. The Labute approximate surface area is 165 Å². The fraction of sp³-hybridized carbons (Fsp3) is 0.318. The summed E-state index contributed by atoms with van der Waals surface area (Å²) in [6.07, 6.45) is 5.93. The van der Waals surface area contributed by atoms with E-state index in [1.165, 1.54) is 13.2 Å². The molecule has 2 rings (SSSR count). The van der Waals surface area contributed by atoms with Crippen molar-refractivity contribution in [2.75, 3.05) is 20.3 Å². The Morgan fingerprint density at radius 3 is 2.64 bits per heavy atom. The zero-order valence-corrected chi connectivity index (χ0v) is 16.3.